The molecule has 2 aromatic rings. The number of aromatic nitrogens is 4. The Hall–Kier alpha value is -1.93. The van der Waals surface area contributed by atoms with Crippen molar-refractivity contribution in [3.8, 4) is 0 Å². The number of anilines is 1. The first-order valence-electron chi connectivity index (χ1n) is 5.96. The number of nitrogens with two attached hydrogens (primary N) is 1. The number of H-pyrrole nitrogens is 1. The molecule has 8 nitrogen and oxygen atoms in total. The summed E-state index contributed by atoms with van der Waals surface area (Å²) in [5, 5.41) is 9.19. The van der Waals surface area contributed by atoms with Gasteiger partial charge in [0.05, 0.1) is 19.0 Å². The highest BCUT2D eigenvalue weighted by Gasteiger charge is 2.14. The molecule has 0 fully saturated rings. The molecule has 0 aliphatic carbocycles. The van der Waals surface area contributed by atoms with Crippen molar-refractivity contribution < 1.29 is 9.84 Å². The number of hydrogen-bond acceptors (Lipinski definition) is 6. The molecule has 0 radical (unpaired) electrons. The molecule has 2 rings (SSSR count). The van der Waals surface area contributed by atoms with Crippen molar-refractivity contribution in [3.63, 3.8) is 0 Å². The molecule has 1 atom stereocenters. The second-order valence-electron chi connectivity index (χ2n) is 4.60. The summed E-state index contributed by atoms with van der Waals surface area (Å²) < 4.78 is 7.14. The molecule has 0 saturated heterocycles. The van der Waals surface area contributed by atoms with Gasteiger partial charge < -0.3 is 15.6 Å². The maximum atomic E-state index is 11.6. The number of aliphatic hydroxyl groups is 1. The summed E-state index contributed by atoms with van der Waals surface area (Å²) in [6.07, 6.45) is 1.18. The van der Waals surface area contributed by atoms with Crippen LogP contribution in [0.1, 0.15) is 13.8 Å². The summed E-state index contributed by atoms with van der Waals surface area (Å²) >= 11 is 0. The lowest BCUT2D eigenvalue weighted by atomic mass is 10.1. The summed E-state index contributed by atoms with van der Waals surface area (Å²) in [6.45, 7) is 3.98. The Bertz CT molecular complexity index is 618. The lowest BCUT2D eigenvalue weighted by molar-refractivity contribution is -0.0461. The highest BCUT2D eigenvalue weighted by atomic mass is 16.5. The molecule has 104 valence electrons. The van der Waals surface area contributed by atoms with Crippen LogP contribution in [0.15, 0.2) is 11.1 Å². The van der Waals surface area contributed by atoms with Crippen molar-refractivity contribution in [3.05, 3.63) is 16.7 Å². The molecule has 4 N–H and O–H groups in total. The molecule has 0 aliphatic rings. The maximum absolute atomic E-state index is 11.6. The van der Waals surface area contributed by atoms with Gasteiger partial charge in [0.15, 0.2) is 11.2 Å². The molecule has 2 heterocycles. The van der Waals surface area contributed by atoms with Gasteiger partial charge in [-0.1, -0.05) is 13.8 Å². The molecule has 0 saturated carbocycles. The summed E-state index contributed by atoms with van der Waals surface area (Å²) in [4.78, 5) is 22.0. The van der Waals surface area contributed by atoms with Crippen LogP contribution in [0.2, 0.25) is 0 Å². The van der Waals surface area contributed by atoms with Crippen LogP contribution >= 0.6 is 0 Å². The first-order valence-corrected chi connectivity index (χ1v) is 5.96. The zero-order chi connectivity index (χ0) is 14.0. The van der Waals surface area contributed by atoms with Crippen LogP contribution < -0.4 is 11.3 Å². The van der Waals surface area contributed by atoms with Crippen molar-refractivity contribution in [1.82, 2.24) is 19.5 Å². The fraction of sp³-hybridized carbons (Fsp3) is 0.545. The summed E-state index contributed by atoms with van der Waals surface area (Å²) in [7, 11) is 0. The Labute approximate surface area is 109 Å². The summed E-state index contributed by atoms with van der Waals surface area (Å²) in [5.41, 5.74) is 5.68. The van der Waals surface area contributed by atoms with Gasteiger partial charge in [-0.05, 0) is 5.92 Å². The van der Waals surface area contributed by atoms with Gasteiger partial charge in [-0.3, -0.25) is 14.3 Å². The van der Waals surface area contributed by atoms with E-state index in [0.717, 1.165) is 0 Å². The smallest absolute Gasteiger partial charge is 0.280 e. The first-order chi connectivity index (χ1) is 9.02. The normalized spacial score (nSPS) is 13.3. The molecular formula is C11H17N5O3. The predicted octanol–water partition coefficient (Wildman–Crippen LogP) is -0.307. The average molecular weight is 267 g/mol. The van der Waals surface area contributed by atoms with Gasteiger partial charge in [-0.15, -0.1) is 0 Å². The molecule has 19 heavy (non-hydrogen) atoms. The Balaban J connectivity index is 2.24. The van der Waals surface area contributed by atoms with Crippen molar-refractivity contribution in [1.29, 1.82) is 0 Å². The molecule has 0 spiro atoms. The third-order valence-electron chi connectivity index (χ3n) is 2.84. The van der Waals surface area contributed by atoms with Crippen LogP contribution in [0.5, 0.6) is 0 Å². The number of nitrogen functional groups attached to an aromatic ring is 1. The SMILES string of the molecule is CC(C)C(CO)OCn1cnc2c(=O)[nH]c(N)nc21. The average Bonchev–Trinajstić information content (AvgIpc) is 2.73. The van der Waals surface area contributed by atoms with Gasteiger partial charge in [0.25, 0.3) is 5.56 Å². The van der Waals surface area contributed by atoms with E-state index in [-0.39, 0.29) is 42.4 Å². The first kappa shape index (κ1) is 13.5. The van der Waals surface area contributed by atoms with Crippen LogP contribution in [-0.2, 0) is 11.5 Å². The third kappa shape index (κ3) is 2.74. The zero-order valence-corrected chi connectivity index (χ0v) is 10.8. The largest absolute Gasteiger partial charge is 0.394 e. The van der Waals surface area contributed by atoms with Gasteiger partial charge in [-0.25, -0.2) is 4.98 Å². The van der Waals surface area contributed by atoms with E-state index in [1.165, 1.54) is 6.33 Å². The number of nitrogens with zero attached hydrogens (tertiary/aromatic N) is 3. The van der Waals surface area contributed by atoms with Crippen LogP contribution in [0.3, 0.4) is 0 Å². The zero-order valence-electron chi connectivity index (χ0n) is 10.8. The van der Waals surface area contributed by atoms with Crippen LogP contribution in [0, 0.1) is 5.92 Å². The van der Waals surface area contributed by atoms with E-state index in [1.807, 2.05) is 13.8 Å². The summed E-state index contributed by atoms with van der Waals surface area (Å²) in [5.74, 6) is 0.211. The molecule has 0 aliphatic heterocycles. The lowest BCUT2D eigenvalue weighted by Gasteiger charge is -2.19. The fourth-order valence-electron chi connectivity index (χ4n) is 1.70. The fourth-order valence-corrected chi connectivity index (χ4v) is 1.70. The highest BCUT2D eigenvalue weighted by molar-refractivity contribution is 5.70. The van der Waals surface area contributed by atoms with Crippen LogP contribution in [0.25, 0.3) is 11.2 Å². The van der Waals surface area contributed by atoms with Gasteiger partial charge >= 0.3 is 0 Å². The quantitative estimate of drug-likeness (QED) is 0.684. The number of hydrogen-bond donors (Lipinski definition) is 3. The summed E-state index contributed by atoms with van der Waals surface area (Å²) in [6, 6.07) is 0. The van der Waals surface area contributed by atoms with Gasteiger partial charge in [0.2, 0.25) is 5.95 Å². The van der Waals surface area contributed by atoms with Crippen molar-refractivity contribution in [2.24, 2.45) is 5.92 Å². The monoisotopic (exact) mass is 267 g/mol. The van der Waals surface area contributed by atoms with E-state index in [0.29, 0.717) is 5.65 Å². The topological polar surface area (TPSA) is 119 Å². The van der Waals surface area contributed by atoms with E-state index in [4.69, 9.17) is 10.5 Å². The number of ether oxygens (including phenoxy) is 1. The molecule has 2 aromatic heterocycles. The number of rotatable bonds is 5. The molecular weight excluding hydrogens is 250 g/mol. The van der Waals surface area contributed by atoms with Crippen LogP contribution in [0.4, 0.5) is 5.95 Å². The Morgan fingerprint density at radius 3 is 2.95 bits per heavy atom. The minimum Gasteiger partial charge on any atom is -0.394 e. The van der Waals surface area contributed by atoms with Gasteiger partial charge in [0.1, 0.15) is 6.73 Å². The maximum Gasteiger partial charge on any atom is 0.280 e. The Kier molecular flexibility index (Phi) is 3.82. The minimum atomic E-state index is -0.385. The van der Waals surface area contributed by atoms with E-state index in [9.17, 15) is 9.90 Å². The van der Waals surface area contributed by atoms with Crippen LogP contribution in [-0.4, -0.2) is 37.3 Å². The Morgan fingerprint density at radius 2 is 2.32 bits per heavy atom. The number of fused-ring (bicyclic) bond motifs is 1. The molecule has 0 aromatic carbocycles. The second-order valence-corrected chi connectivity index (χ2v) is 4.60. The van der Waals surface area contributed by atoms with Gasteiger partial charge in [-0.2, -0.15) is 4.98 Å². The second kappa shape index (κ2) is 5.37. The molecule has 1 unspecified atom stereocenters. The van der Waals surface area contributed by atoms with Crippen molar-refractivity contribution in [2.75, 3.05) is 12.3 Å². The molecule has 8 heteroatoms. The van der Waals surface area contributed by atoms with Crippen molar-refractivity contribution >= 4 is 17.1 Å². The van der Waals surface area contributed by atoms with E-state index in [2.05, 4.69) is 15.0 Å². The van der Waals surface area contributed by atoms with E-state index in [1.54, 1.807) is 4.57 Å². The number of aliphatic hydroxyl groups excluding tert-OH is 1. The highest BCUT2D eigenvalue weighted by Crippen LogP contribution is 2.10. The van der Waals surface area contributed by atoms with Crippen molar-refractivity contribution in [2.45, 2.75) is 26.7 Å². The van der Waals surface area contributed by atoms with Gasteiger partial charge in [0, 0.05) is 0 Å². The molecule has 0 bridgehead atoms. The minimum absolute atomic E-state index is 0.0295. The third-order valence-corrected chi connectivity index (χ3v) is 2.84. The lowest BCUT2D eigenvalue weighted by Crippen LogP contribution is -2.25. The van der Waals surface area contributed by atoms with E-state index >= 15 is 0 Å². The predicted molar refractivity (Wildman–Crippen MR) is 69.4 cm³/mol. The standard InChI is InChI=1S/C11H17N5O3/c1-6(2)7(3-17)19-5-16-4-13-8-9(16)14-11(12)15-10(8)18/h4,6-7,17H,3,5H2,1-2H3,(H3,12,14,15,18). The number of imidazole rings is 1. The Morgan fingerprint density at radius 1 is 1.58 bits per heavy atom. The molecule has 0 amide bonds. The number of nitrogens with one attached hydrogen (secondary N) is 1. The number of aromatic amines is 1. The van der Waals surface area contributed by atoms with E-state index < -0.39 is 0 Å².